The average molecular weight is 334 g/mol. The molecule has 0 bridgehead atoms. The molecule has 1 nitrogen and oxygen atoms in total. The van der Waals surface area contributed by atoms with Crippen LogP contribution in [0.25, 0.3) is 0 Å². The van der Waals surface area contributed by atoms with Gasteiger partial charge in [0.1, 0.15) is 5.75 Å². The van der Waals surface area contributed by atoms with Gasteiger partial charge in [0.05, 0.1) is 3.57 Å². The van der Waals surface area contributed by atoms with Crippen molar-refractivity contribution in [3.8, 4) is 5.75 Å². The highest BCUT2D eigenvalue weighted by Gasteiger charge is 2.32. The van der Waals surface area contributed by atoms with Crippen molar-refractivity contribution in [3.63, 3.8) is 0 Å². The number of rotatable bonds is 2. The van der Waals surface area contributed by atoms with E-state index in [0.717, 1.165) is 4.90 Å². The van der Waals surface area contributed by atoms with Gasteiger partial charge in [-0.25, -0.2) is 0 Å². The van der Waals surface area contributed by atoms with Crippen LogP contribution in [0, 0.1) is 3.57 Å². The second-order valence-corrected chi connectivity index (χ2v) is 4.25. The molecule has 6 heteroatoms. The number of halogens is 4. The molecule has 0 aliphatic rings. The van der Waals surface area contributed by atoms with Crippen LogP contribution in [0.15, 0.2) is 23.1 Å². The highest BCUT2D eigenvalue weighted by Crippen LogP contribution is 2.33. The average Bonchev–Trinajstić information content (AvgIpc) is 2.06. The second-order valence-electron chi connectivity index (χ2n) is 2.32. The van der Waals surface area contributed by atoms with Crippen LogP contribution in [0.4, 0.5) is 13.2 Å². The molecule has 1 aromatic rings. The van der Waals surface area contributed by atoms with Gasteiger partial charge in [-0.3, -0.25) is 0 Å². The molecule has 0 atom stereocenters. The van der Waals surface area contributed by atoms with Crippen LogP contribution in [0.5, 0.6) is 5.75 Å². The zero-order valence-electron chi connectivity index (χ0n) is 7.06. The van der Waals surface area contributed by atoms with Crippen molar-refractivity contribution in [2.24, 2.45) is 0 Å². The number of hydrogen-bond acceptors (Lipinski definition) is 2. The molecule has 0 radical (unpaired) electrons. The van der Waals surface area contributed by atoms with Crippen molar-refractivity contribution < 1.29 is 17.9 Å². The van der Waals surface area contributed by atoms with Gasteiger partial charge in [-0.1, -0.05) is 6.07 Å². The predicted octanol–water partition coefficient (Wildman–Crippen LogP) is 3.91. The second kappa shape index (κ2) is 4.61. The molecule has 0 saturated heterocycles. The molecular formula is C8H6F3IOS. The summed E-state index contributed by atoms with van der Waals surface area (Å²) in [6, 6.07) is 4.58. The first-order valence-electron chi connectivity index (χ1n) is 3.52. The highest BCUT2D eigenvalue weighted by atomic mass is 127. The Hall–Kier alpha value is -0.110. The van der Waals surface area contributed by atoms with Gasteiger partial charge in [0.25, 0.3) is 0 Å². The largest absolute Gasteiger partial charge is 0.573 e. The summed E-state index contributed by atoms with van der Waals surface area (Å²) in [5.41, 5.74) is 0. The fourth-order valence-corrected chi connectivity index (χ4v) is 2.48. The smallest absolute Gasteiger partial charge is 0.405 e. The lowest BCUT2D eigenvalue weighted by atomic mass is 10.3. The van der Waals surface area contributed by atoms with E-state index in [1.165, 1.54) is 23.9 Å². The topological polar surface area (TPSA) is 9.23 Å². The zero-order chi connectivity index (χ0) is 10.8. The minimum absolute atomic E-state index is 0.148. The van der Waals surface area contributed by atoms with Gasteiger partial charge in [0.2, 0.25) is 0 Å². The van der Waals surface area contributed by atoms with Crippen molar-refractivity contribution >= 4 is 34.4 Å². The van der Waals surface area contributed by atoms with Gasteiger partial charge >= 0.3 is 6.36 Å². The molecule has 0 saturated carbocycles. The van der Waals surface area contributed by atoms with Crippen molar-refractivity contribution in [1.82, 2.24) is 0 Å². The van der Waals surface area contributed by atoms with Gasteiger partial charge in [0.15, 0.2) is 0 Å². The maximum Gasteiger partial charge on any atom is 0.573 e. The normalized spacial score (nSPS) is 11.5. The molecule has 0 heterocycles. The first-order chi connectivity index (χ1) is 6.44. The third-order valence-corrected chi connectivity index (χ3v) is 3.63. The van der Waals surface area contributed by atoms with E-state index in [2.05, 4.69) is 4.74 Å². The molecule has 0 N–H and O–H groups in total. The van der Waals surface area contributed by atoms with Gasteiger partial charge in [-0.05, 0) is 41.0 Å². The lowest BCUT2D eigenvalue weighted by Gasteiger charge is -2.11. The van der Waals surface area contributed by atoms with Crippen LogP contribution in [0.1, 0.15) is 0 Å². The third-order valence-electron chi connectivity index (χ3n) is 1.37. The molecule has 0 unspecified atom stereocenters. The Morgan fingerprint density at radius 2 is 2.00 bits per heavy atom. The standard InChI is InChI=1S/C8H6F3IOS/c1-14-6-4-2-3-5(7(6)12)13-8(9,10)11/h2-4H,1H3. The molecule has 0 amide bonds. The fourth-order valence-electron chi connectivity index (χ4n) is 0.852. The summed E-state index contributed by atoms with van der Waals surface area (Å²) in [6.45, 7) is 0. The maximum absolute atomic E-state index is 11.9. The Balaban J connectivity index is 2.98. The first kappa shape index (κ1) is 12.0. The highest BCUT2D eigenvalue weighted by molar-refractivity contribution is 14.1. The quantitative estimate of drug-likeness (QED) is 0.599. The predicted molar refractivity (Wildman–Crippen MR) is 57.6 cm³/mol. The van der Waals surface area contributed by atoms with Crippen LogP contribution in [0.3, 0.4) is 0 Å². The van der Waals surface area contributed by atoms with Crippen LogP contribution in [-0.2, 0) is 0 Å². The SMILES string of the molecule is CSc1cccc(OC(F)(F)F)c1I. The van der Waals surface area contributed by atoms with Gasteiger partial charge in [-0.2, -0.15) is 0 Å². The summed E-state index contributed by atoms with van der Waals surface area (Å²) in [7, 11) is 0. The lowest BCUT2D eigenvalue weighted by molar-refractivity contribution is -0.275. The van der Waals surface area contributed by atoms with E-state index in [-0.39, 0.29) is 5.75 Å². The minimum Gasteiger partial charge on any atom is -0.405 e. The van der Waals surface area contributed by atoms with E-state index >= 15 is 0 Å². The molecule has 78 valence electrons. The van der Waals surface area contributed by atoms with E-state index in [1.807, 2.05) is 22.6 Å². The fraction of sp³-hybridized carbons (Fsp3) is 0.250. The Kier molecular flexibility index (Phi) is 3.94. The number of hydrogen-bond donors (Lipinski definition) is 0. The van der Waals surface area contributed by atoms with E-state index in [0.29, 0.717) is 3.57 Å². The summed E-state index contributed by atoms with van der Waals surface area (Å²) in [5, 5.41) is 0. The summed E-state index contributed by atoms with van der Waals surface area (Å²) in [5.74, 6) is -0.148. The lowest BCUT2D eigenvalue weighted by Crippen LogP contribution is -2.17. The van der Waals surface area contributed by atoms with E-state index in [4.69, 9.17) is 0 Å². The Labute approximate surface area is 97.2 Å². The minimum atomic E-state index is -4.63. The third kappa shape index (κ3) is 3.23. The Bertz CT molecular complexity index is 327. The molecule has 0 aliphatic carbocycles. The van der Waals surface area contributed by atoms with E-state index < -0.39 is 6.36 Å². The molecule has 0 spiro atoms. The molecule has 0 fully saturated rings. The monoisotopic (exact) mass is 334 g/mol. The Morgan fingerprint density at radius 3 is 2.50 bits per heavy atom. The van der Waals surface area contributed by atoms with Gasteiger partial charge < -0.3 is 4.74 Å². The summed E-state index contributed by atoms with van der Waals surface area (Å²) in [6.07, 6.45) is -2.83. The molecule has 1 rings (SSSR count). The summed E-state index contributed by atoms with van der Waals surface area (Å²) < 4.78 is 40.1. The van der Waals surface area contributed by atoms with Crippen LogP contribution in [0.2, 0.25) is 0 Å². The first-order valence-corrected chi connectivity index (χ1v) is 5.82. The number of thioether (sulfide) groups is 1. The number of alkyl halides is 3. The summed E-state index contributed by atoms with van der Waals surface area (Å²) >= 11 is 3.22. The molecular weight excluding hydrogens is 328 g/mol. The van der Waals surface area contributed by atoms with Gasteiger partial charge in [0, 0.05) is 4.90 Å². The maximum atomic E-state index is 11.9. The van der Waals surface area contributed by atoms with Crippen LogP contribution < -0.4 is 4.74 Å². The van der Waals surface area contributed by atoms with E-state index in [9.17, 15) is 13.2 Å². The van der Waals surface area contributed by atoms with Crippen LogP contribution >= 0.6 is 34.4 Å². The van der Waals surface area contributed by atoms with Crippen molar-refractivity contribution in [3.05, 3.63) is 21.8 Å². The summed E-state index contributed by atoms with van der Waals surface area (Å²) in [4.78, 5) is 0.771. The van der Waals surface area contributed by atoms with Crippen molar-refractivity contribution in [2.75, 3.05) is 6.26 Å². The van der Waals surface area contributed by atoms with Crippen molar-refractivity contribution in [2.45, 2.75) is 11.3 Å². The van der Waals surface area contributed by atoms with Crippen LogP contribution in [-0.4, -0.2) is 12.6 Å². The number of benzene rings is 1. The zero-order valence-corrected chi connectivity index (χ0v) is 10.0. The number of ether oxygens (including phenoxy) is 1. The van der Waals surface area contributed by atoms with E-state index in [1.54, 1.807) is 12.3 Å². The van der Waals surface area contributed by atoms with Gasteiger partial charge in [-0.15, -0.1) is 24.9 Å². The molecule has 1 aromatic carbocycles. The van der Waals surface area contributed by atoms with Crippen molar-refractivity contribution in [1.29, 1.82) is 0 Å². The molecule has 0 aliphatic heterocycles. The molecule has 0 aromatic heterocycles. The molecule has 14 heavy (non-hydrogen) atoms. The Morgan fingerprint density at radius 1 is 1.36 bits per heavy atom.